The van der Waals surface area contributed by atoms with E-state index in [1.165, 1.54) is 25.1 Å². The molecule has 1 aromatic carbocycles. The van der Waals surface area contributed by atoms with Gasteiger partial charge < -0.3 is 14.9 Å². The molecule has 10 heteroatoms. The number of hydrogen-bond donors (Lipinski definition) is 2. The highest BCUT2D eigenvalue weighted by Gasteiger charge is 2.78. The van der Waals surface area contributed by atoms with Gasteiger partial charge >= 0.3 is 11.9 Å². The summed E-state index contributed by atoms with van der Waals surface area (Å²) in [6, 6.07) is 6.58. The van der Waals surface area contributed by atoms with Crippen LogP contribution in [0.15, 0.2) is 48.1 Å². The molecule has 5 aliphatic rings. The molecule has 0 radical (unpaired) electrons. The Morgan fingerprint density at radius 2 is 1.91 bits per heavy atom. The van der Waals surface area contributed by atoms with Crippen molar-refractivity contribution in [2.24, 2.45) is 34.0 Å². The molecule has 43 heavy (non-hydrogen) atoms. The molecule has 0 aromatic heterocycles. The molecule has 0 amide bonds. The van der Waals surface area contributed by atoms with Gasteiger partial charge in [-0.05, 0) is 78.9 Å². The van der Waals surface area contributed by atoms with E-state index in [0.29, 0.717) is 19.5 Å². The van der Waals surface area contributed by atoms with Crippen molar-refractivity contribution in [3.05, 3.63) is 59.2 Å². The predicted molar refractivity (Wildman–Crippen MR) is 150 cm³/mol. The molecule has 3 saturated carbocycles. The van der Waals surface area contributed by atoms with Crippen molar-refractivity contribution in [3.63, 3.8) is 0 Å². The highest BCUT2D eigenvalue weighted by Crippen LogP contribution is 2.74. The summed E-state index contributed by atoms with van der Waals surface area (Å²) in [5.41, 5.74) is -4.86. The van der Waals surface area contributed by atoms with Crippen molar-refractivity contribution in [1.29, 1.82) is 0 Å². The quantitative estimate of drug-likeness (QED) is 0.475. The summed E-state index contributed by atoms with van der Waals surface area (Å²) in [6.07, 6.45) is 0.837. The summed E-state index contributed by atoms with van der Waals surface area (Å²) in [5, 5.41) is 21.2. The average Bonchev–Trinajstić information content (AvgIpc) is 3.42. The lowest BCUT2D eigenvalue weighted by atomic mass is 9.43. The molecule has 6 rings (SSSR count). The van der Waals surface area contributed by atoms with Gasteiger partial charge in [0.15, 0.2) is 23.8 Å². The maximum atomic E-state index is 17.6. The summed E-state index contributed by atoms with van der Waals surface area (Å²) in [4.78, 5) is 51.7. The minimum atomic E-state index is -2.25. The van der Waals surface area contributed by atoms with Gasteiger partial charge in [0.1, 0.15) is 6.17 Å². The first-order chi connectivity index (χ1) is 20.2. The monoisotopic (exact) mass is 597 g/mol. The second-order valence-electron chi connectivity index (χ2n) is 13.6. The molecule has 4 aliphatic carbocycles. The topological polar surface area (TPSA) is 121 Å². The Morgan fingerprint density at radius 3 is 2.60 bits per heavy atom. The lowest BCUT2D eigenvalue weighted by Crippen LogP contribution is -2.69. The van der Waals surface area contributed by atoms with E-state index in [9.17, 15) is 29.4 Å². The number of carboxylic acids is 1. The largest absolute Gasteiger partial charge is 0.478 e. The number of aliphatic hydroxyl groups excluding tert-OH is 1. The van der Waals surface area contributed by atoms with Crippen LogP contribution in [0.3, 0.4) is 0 Å². The van der Waals surface area contributed by atoms with E-state index < -0.39 is 70.4 Å². The Morgan fingerprint density at radius 1 is 1.16 bits per heavy atom. The van der Waals surface area contributed by atoms with E-state index in [1.54, 1.807) is 19.1 Å². The lowest BCUT2D eigenvalue weighted by Gasteiger charge is -2.63. The number of alkyl halides is 2. The van der Waals surface area contributed by atoms with Gasteiger partial charge in [-0.25, -0.2) is 13.6 Å². The Kier molecular flexibility index (Phi) is 6.86. The highest BCUT2D eigenvalue weighted by atomic mass is 19.1. The highest BCUT2D eigenvalue weighted by molar-refractivity contribution is 6.01. The van der Waals surface area contributed by atoms with Crippen molar-refractivity contribution in [1.82, 2.24) is 4.90 Å². The number of allylic oxidation sites excluding steroid dienone is 4. The number of fused-ring (bicyclic) bond motifs is 7. The zero-order valence-electron chi connectivity index (χ0n) is 24.5. The third kappa shape index (κ3) is 4.05. The zero-order valence-corrected chi connectivity index (χ0v) is 24.5. The van der Waals surface area contributed by atoms with Crippen LogP contribution in [0.4, 0.5) is 8.78 Å². The molecule has 9 atom stereocenters. The number of carboxylic acid groups (broad SMARTS) is 1. The number of ketones is 2. The number of Topliss-reactive ketones (excluding diaryl/α,β-unsaturated/α-hetero) is 1. The van der Waals surface area contributed by atoms with Crippen molar-refractivity contribution >= 4 is 23.5 Å². The summed E-state index contributed by atoms with van der Waals surface area (Å²) >= 11 is 0. The van der Waals surface area contributed by atoms with Gasteiger partial charge in [-0.1, -0.05) is 25.1 Å². The number of nitrogens with zero attached hydrogens (tertiary/aromatic N) is 1. The van der Waals surface area contributed by atoms with Gasteiger partial charge in [0.2, 0.25) is 0 Å². The minimum absolute atomic E-state index is 0.0509. The number of aliphatic hydroxyl groups is 1. The molecule has 2 N–H and O–H groups in total. The minimum Gasteiger partial charge on any atom is -0.478 e. The van der Waals surface area contributed by atoms with Crippen LogP contribution in [-0.2, 0) is 25.7 Å². The molecule has 0 unspecified atom stereocenters. The number of carbonyl (C=O) groups excluding carboxylic acids is 3. The number of aromatic carboxylic acids is 1. The summed E-state index contributed by atoms with van der Waals surface area (Å²) < 4.78 is 38.7. The van der Waals surface area contributed by atoms with Crippen LogP contribution in [0.2, 0.25) is 0 Å². The van der Waals surface area contributed by atoms with Crippen molar-refractivity contribution in [3.8, 4) is 0 Å². The van der Waals surface area contributed by atoms with Gasteiger partial charge in [-0.2, -0.15) is 0 Å². The average molecular weight is 598 g/mol. The number of halogens is 2. The van der Waals surface area contributed by atoms with E-state index in [-0.39, 0.29) is 42.2 Å². The fraction of sp³-hybridized carbons (Fsp3) is 0.576. The third-order valence-corrected chi connectivity index (χ3v) is 11.7. The van der Waals surface area contributed by atoms with E-state index in [4.69, 9.17) is 4.74 Å². The Bertz CT molecular complexity index is 1470. The Labute approximate surface area is 248 Å². The summed E-state index contributed by atoms with van der Waals surface area (Å²) in [7, 11) is 0. The standard InChI is InChI=1S/C33H37F2NO7/c1-18(37)43-16-28(40)32-17-36(14-19-5-4-6-20(9-19)29(41)42)15-21(32)10-23-24-12-26(34)25-11-22(38)7-8-30(25,2)33(24,35)27(39)13-31(23,32)3/h4-9,11,21,23-24,26-27,39H,10,12-17H2,1-3H3,(H,41,42)/t21-,23-,24-,26-,27-,30-,31-,32+,33-/m0/s1. The van der Waals surface area contributed by atoms with Crippen LogP contribution in [0, 0.1) is 34.0 Å². The van der Waals surface area contributed by atoms with Crippen LogP contribution in [-0.4, -0.2) is 76.3 Å². The first-order valence-corrected chi connectivity index (χ1v) is 14.8. The van der Waals surface area contributed by atoms with Crippen molar-refractivity contribution in [2.45, 2.75) is 64.5 Å². The second kappa shape index (κ2) is 9.89. The SMILES string of the molecule is CC(=O)OCC(=O)[C@@]12CN(Cc3cccc(C(=O)O)c3)C[C@@H]1C[C@H]1[C@@H]3C[C@H](F)C4=CC(=O)C=C[C@]4(C)[C@@]3(F)[C@@H](O)C[C@@]12C. The first kappa shape index (κ1) is 29.8. The van der Waals surface area contributed by atoms with E-state index in [0.717, 1.165) is 11.6 Å². The molecule has 4 fully saturated rings. The van der Waals surface area contributed by atoms with Crippen molar-refractivity contribution < 1.29 is 42.9 Å². The maximum Gasteiger partial charge on any atom is 0.335 e. The number of benzene rings is 1. The van der Waals surface area contributed by atoms with Crippen LogP contribution in [0.5, 0.6) is 0 Å². The predicted octanol–water partition coefficient (Wildman–Crippen LogP) is 3.86. The maximum absolute atomic E-state index is 17.6. The van der Waals surface area contributed by atoms with E-state index in [2.05, 4.69) is 4.90 Å². The summed E-state index contributed by atoms with van der Waals surface area (Å²) in [6.45, 7) is 5.27. The zero-order chi connectivity index (χ0) is 31.1. The number of ether oxygens (including phenoxy) is 1. The molecule has 8 nitrogen and oxygen atoms in total. The molecular formula is C33H37F2NO7. The van der Waals surface area contributed by atoms with Crippen LogP contribution in [0.1, 0.15) is 56.0 Å². The fourth-order valence-electron chi connectivity index (χ4n) is 9.86. The van der Waals surface area contributed by atoms with Gasteiger partial charge in [0, 0.05) is 37.9 Å². The Balaban J connectivity index is 1.39. The molecule has 230 valence electrons. The lowest BCUT2D eigenvalue weighted by molar-refractivity contribution is -0.212. The van der Waals surface area contributed by atoms with E-state index >= 15 is 8.78 Å². The summed E-state index contributed by atoms with van der Waals surface area (Å²) in [5.74, 6) is -4.02. The van der Waals surface area contributed by atoms with Gasteiger partial charge in [0.05, 0.1) is 17.1 Å². The smallest absolute Gasteiger partial charge is 0.335 e. The molecule has 1 heterocycles. The van der Waals surface area contributed by atoms with E-state index in [1.807, 2.05) is 13.0 Å². The number of hydrogen-bond acceptors (Lipinski definition) is 7. The molecule has 0 bridgehead atoms. The molecule has 1 saturated heterocycles. The van der Waals surface area contributed by atoms with Gasteiger partial charge in [-0.15, -0.1) is 0 Å². The van der Waals surface area contributed by atoms with Crippen LogP contribution in [0.25, 0.3) is 0 Å². The number of esters is 1. The van der Waals surface area contributed by atoms with Crippen LogP contribution < -0.4 is 0 Å². The number of carbonyl (C=O) groups is 4. The fourth-order valence-corrected chi connectivity index (χ4v) is 9.86. The van der Waals surface area contributed by atoms with Gasteiger partial charge in [-0.3, -0.25) is 19.3 Å². The molecule has 1 aromatic rings. The van der Waals surface area contributed by atoms with Crippen molar-refractivity contribution in [2.75, 3.05) is 19.7 Å². The molecular weight excluding hydrogens is 560 g/mol. The third-order valence-electron chi connectivity index (χ3n) is 11.7. The van der Waals surface area contributed by atoms with Crippen LogP contribution >= 0.6 is 0 Å². The molecule has 1 aliphatic heterocycles. The second-order valence-corrected chi connectivity index (χ2v) is 13.6. The Hall–Kier alpha value is -3.24. The van der Waals surface area contributed by atoms with Gasteiger partial charge in [0.25, 0.3) is 0 Å². The number of rotatable bonds is 6. The number of likely N-dealkylation sites (tertiary alicyclic amines) is 1. The first-order valence-electron chi connectivity index (χ1n) is 14.8. The normalized spacial score (nSPS) is 41.5. The molecule has 0 spiro atoms.